The molecule has 0 bridgehead atoms. The molecule has 3 aromatic rings. The zero-order chi connectivity index (χ0) is 26.6. The van der Waals surface area contributed by atoms with Crippen LogP contribution in [0.15, 0.2) is 48.5 Å². The summed E-state index contributed by atoms with van der Waals surface area (Å²) in [4.78, 5) is 26.2. The summed E-state index contributed by atoms with van der Waals surface area (Å²) in [5, 5.41) is 0. The van der Waals surface area contributed by atoms with Crippen LogP contribution in [-0.2, 0) is 19.0 Å². The van der Waals surface area contributed by atoms with Crippen molar-refractivity contribution in [3.05, 3.63) is 87.9 Å². The Morgan fingerprint density at radius 3 is 2.30 bits per heavy atom. The standard InChI is InChI=1S/C29H33F3N4O/c1-4-5-7-22-10-12-24(13-11-22)28(37)36-16-14-35(15-17-36)27-26(20(2)33-21(3)34-27)19-23-8-6-9-25(18-23)29(30,31)32/h6,8-13,18H,4-5,7,14-17,19H2,1-3H3. The van der Waals surface area contributed by atoms with Crippen molar-refractivity contribution in [2.24, 2.45) is 0 Å². The van der Waals surface area contributed by atoms with Gasteiger partial charge in [-0.05, 0) is 56.0 Å². The molecule has 0 N–H and O–H groups in total. The molecule has 37 heavy (non-hydrogen) atoms. The van der Waals surface area contributed by atoms with E-state index in [1.165, 1.54) is 17.7 Å². The van der Waals surface area contributed by atoms with Crippen molar-refractivity contribution in [3.63, 3.8) is 0 Å². The van der Waals surface area contributed by atoms with E-state index in [1.807, 2.05) is 43.0 Å². The minimum atomic E-state index is -4.39. The molecule has 196 valence electrons. The zero-order valence-electron chi connectivity index (χ0n) is 21.6. The summed E-state index contributed by atoms with van der Waals surface area (Å²) in [5.74, 6) is 1.36. The van der Waals surface area contributed by atoms with E-state index in [-0.39, 0.29) is 5.91 Å². The van der Waals surface area contributed by atoms with Gasteiger partial charge in [0, 0.05) is 49.4 Å². The van der Waals surface area contributed by atoms with Gasteiger partial charge < -0.3 is 9.80 Å². The summed E-state index contributed by atoms with van der Waals surface area (Å²) < 4.78 is 39.7. The minimum absolute atomic E-state index is 0.0147. The molecule has 1 aliphatic rings. The van der Waals surface area contributed by atoms with Crippen molar-refractivity contribution < 1.29 is 18.0 Å². The van der Waals surface area contributed by atoms with Gasteiger partial charge in [0.15, 0.2) is 0 Å². The highest BCUT2D eigenvalue weighted by molar-refractivity contribution is 5.94. The Bertz CT molecular complexity index is 1230. The summed E-state index contributed by atoms with van der Waals surface area (Å²) in [6.45, 7) is 8.11. The number of rotatable bonds is 7. The lowest BCUT2D eigenvalue weighted by Gasteiger charge is -2.36. The van der Waals surface area contributed by atoms with Crippen LogP contribution in [-0.4, -0.2) is 47.0 Å². The molecule has 8 heteroatoms. The van der Waals surface area contributed by atoms with E-state index in [1.54, 1.807) is 6.07 Å². The summed E-state index contributed by atoms with van der Waals surface area (Å²) in [5.41, 5.74) is 3.39. The normalized spacial score (nSPS) is 14.2. The van der Waals surface area contributed by atoms with Crippen molar-refractivity contribution in [3.8, 4) is 0 Å². The molecule has 5 nitrogen and oxygen atoms in total. The van der Waals surface area contributed by atoms with E-state index in [9.17, 15) is 18.0 Å². The number of aryl methyl sites for hydroxylation is 3. The largest absolute Gasteiger partial charge is 0.416 e. The lowest BCUT2D eigenvalue weighted by molar-refractivity contribution is -0.137. The predicted octanol–water partition coefficient (Wildman–Crippen LogP) is 6.01. The van der Waals surface area contributed by atoms with E-state index in [0.717, 1.165) is 42.4 Å². The summed E-state index contributed by atoms with van der Waals surface area (Å²) in [6.07, 6.45) is -0.805. The second-order valence-corrected chi connectivity index (χ2v) is 9.61. The third kappa shape index (κ3) is 6.48. The fourth-order valence-corrected chi connectivity index (χ4v) is 4.75. The Morgan fingerprint density at radius 2 is 1.65 bits per heavy atom. The Balaban J connectivity index is 1.48. The van der Waals surface area contributed by atoms with E-state index >= 15 is 0 Å². The summed E-state index contributed by atoms with van der Waals surface area (Å²) in [6, 6.07) is 13.3. The molecule has 0 spiro atoms. The third-order valence-corrected chi connectivity index (χ3v) is 6.83. The van der Waals surface area contributed by atoms with Crippen molar-refractivity contribution in [2.45, 2.75) is 52.6 Å². The second-order valence-electron chi connectivity index (χ2n) is 9.61. The van der Waals surface area contributed by atoms with Crippen LogP contribution < -0.4 is 4.90 Å². The molecule has 0 aliphatic carbocycles. The number of carbonyl (C=O) groups excluding carboxylic acids is 1. The molecule has 1 aromatic heterocycles. The molecular weight excluding hydrogens is 477 g/mol. The molecule has 4 rings (SSSR count). The average molecular weight is 511 g/mol. The van der Waals surface area contributed by atoms with Gasteiger partial charge in [0.05, 0.1) is 5.56 Å². The molecule has 1 amide bonds. The Labute approximate surface area is 216 Å². The molecule has 1 saturated heterocycles. The molecule has 1 aliphatic heterocycles. The first-order valence-corrected chi connectivity index (χ1v) is 12.8. The zero-order valence-corrected chi connectivity index (χ0v) is 21.6. The molecule has 0 radical (unpaired) electrons. The minimum Gasteiger partial charge on any atom is -0.353 e. The van der Waals surface area contributed by atoms with Crippen LogP contribution in [0.3, 0.4) is 0 Å². The van der Waals surface area contributed by atoms with Gasteiger partial charge >= 0.3 is 6.18 Å². The van der Waals surface area contributed by atoms with Crippen LogP contribution in [0.5, 0.6) is 0 Å². The van der Waals surface area contributed by atoms with Gasteiger partial charge in [0.25, 0.3) is 5.91 Å². The van der Waals surface area contributed by atoms with E-state index in [0.29, 0.717) is 49.6 Å². The lowest BCUT2D eigenvalue weighted by atomic mass is 10.0. The molecular formula is C29H33F3N4O. The average Bonchev–Trinajstić information content (AvgIpc) is 2.88. The number of piperazine rings is 1. The van der Waals surface area contributed by atoms with Crippen LogP contribution in [0.1, 0.15) is 63.9 Å². The highest BCUT2D eigenvalue weighted by Crippen LogP contribution is 2.31. The second kappa shape index (κ2) is 11.3. The van der Waals surface area contributed by atoms with E-state index in [2.05, 4.69) is 21.8 Å². The number of hydrogen-bond donors (Lipinski definition) is 0. The lowest BCUT2D eigenvalue weighted by Crippen LogP contribution is -2.49. The number of benzene rings is 2. The number of aromatic nitrogens is 2. The molecule has 0 saturated carbocycles. The van der Waals surface area contributed by atoms with Crippen LogP contribution in [0, 0.1) is 13.8 Å². The van der Waals surface area contributed by atoms with Gasteiger partial charge in [-0.3, -0.25) is 4.79 Å². The smallest absolute Gasteiger partial charge is 0.353 e. The van der Waals surface area contributed by atoms with Gasteiger partial charge in [0.1, 0.15) is 11.6 Å². The summed E-state index contributed by atoms with van der Waals surface area (Å²) in [7, 11) is 0. The molecule has 1 fully saturated rings. The van der Waals surface area contributed by atoms with Gasteiger partial charge in [-0.25, -0.2) is 9.97 Å². The molecule has 2 heterocycles. The first-order valence-electron chi connectivity index (χ1n) is 12.8. The number of alkyl halides is 3. The highest BCUT2D eigenvalue weighted by atomic mass is 19.4. The number of hydrogen-bond acceptors (Lipinski definition) is 4. The first-order chi connectivity index (χ1) is 17.7. The predicted molar refractivity (Wildman–Crippen MR) is 139 cm³/mol. The number of carbonyl (C=O) groups is 1. The topological polar surface area (TPSA) is 49.3 Å². The van der Waals surface area contributed by atoms with Crippen molar-refractivity contribution in [1.29, 1.82) is 0 Å². The number of anilines is 1. The van der Waals surface area contributed by atoms with Crippen LogP contribution in [0.2, 0.25) is 0 Å². The molecule has 0 unspecified atom stereocenters. The monoisotopic (exact) mass is 510 g/mol. The van der Waals surface area contributed by atoms with Crippen LogP contribution in [0.25, 0.3) is 0 Å². The Kier molecular flexibility index (Phi) is 8.15. The van der Waals surface area contributed by atoms with Crippen LogP contribution >= 0.6 is 0 Å². The SMILES string of the molecule is CCCCc1ccc(C(=O)N2CCN(c3nc(C)nc(C)c3Cc3cccc(C(F)(F)F)c3)CC2)cc1. The van der Waals surface area contributed by atoms with Gasteiger partial charge in [0.2, 0.25) is 0 Å². The van der Waals surface area contributed by atoms with Crippen molar-refractivity contribution in [1.82, 2.24) is 14.9 Å². The highest BCUT2D eigenvalue weighted by Gasteiger charge is 2.31. The third-order valence-electron chi connectivity index (χ3n) is 6.83. The van der Waals surface area contributed by atoms with E-state index < -0.39 is 11.7 Å². The first kappa shape index (κ1) is 26.6. The quantitative estimate of drug-likeness (QED) is 0.391. The maximum absolute atomic E-state index is 13.2. The number of nitrogens with zero attached hydrogens (tertiary/aromatic N) is 4. The van der Waals surface area contributed by atoms with Gasteiger partial charge in [-0.1, -0.05) is 43.7 Å². The number of halogens is 3. The Morgan fingerprint density at radius 1 is 0.946 bits per heavy atom. The summed E-state index contributed by atoms with van der Waals surface area (Å²) >= 11 is 0. The van der Waals surface area contributed by atoms with Gasteiger partial charge in [-0.15, -0.1) is 0 Å². The van der Waals surface area contributed by atoms with E-state index in [4.69, 9.17) is 0 Å². The fourth-order valence-electron chi connectivity index (χ4n) is 4.75. The molecule has 2 aromatic carbocycles. The Hall–Kier alpha value is -3.42. The van der Waals surface area contributed by atoms with Crippen molar-refractivity contribution >= 4 is 11.7 Å². The van der Waals surface area contributed by atoms with Crippen LogP contribution in [0.4, 0.5) is 19.0 Å². The van der Waals surface area contributed by atoms with Gasteiger partial charge in [-0.2, -0.15) is 13.2 Å². The number of amides is 1. The maximum atomic E-state index is 13.2. The molecule has 0 atom stereocenters. The maximum Gasteiger partial charge on any atom is 0.416 e. The van der Waals surface area contributed by atoms with Crippen molar-refractivity contribution in [2.75, 3.05) is 31.1 Å². The fraction of sp³-hybridized carbons (Fsp3) is 0.414. The number of unbranched alkanes of at least 4 members (excludes halogenated alkanes) is 1.